The largest absolute Gasteiger partial charge is 0.453 e. The summed E-state index contributed by atoms with van der Waals surface area (Å²) in [6, 6.07) is 18.6. The van der Waals surface area contributed by atoms with E-state index in [0.717, 1.165) is 16.1 Å². The lowest BCUT2D eigenvalue weighted by atomic mass is 10.1. The molecule has 1 amide bonds. The Bertz CT molecular complexity index is 1240. The Morgan fingerprint density at radius 2 is 1.66 bits per heavy atom. The summed E-state index contributed by atoms with van der Waals surface area (Å²) in [6.07, 6.45) is 0. The van der Waals surface area contributed by atoms with Gasteiger partial charge in [-0.2, -0.15) is 0 Å². The lowest BCUT2D eigenvalue weighted by molar-refractivity contribution is 0.0457. The number of carbonyl (C=O) groups excluding carboxylic acids is 3. The fourth-order valence-corrected chi connectivity index (χ4v) is 3.81. The van der Waals surface area contributed by atoms with E-state index in [2.05, 4.69) is 15.9 Å². The summed E-state index contributed by atoms with van der Waals surface area (Å²) in [7, 11) is 0. The van der Waals surface area contributed by atoms with Crippen LogP contribution in [0.4, 0.5) is 0 Å². The number of amides is 1. The second kappa shape index (κ2) is 9.32. The van der Waals surface area contributed by atoms with Crippen molar-refractivity contribution < 1.29 is 19.1 Å². The van der Waals surface area contributed by atoms with Gasteiger partial charge in [-0.25, -0.2) is 4.79 Å². The Balaban J connectivity index is 1.51. The van der Waals surface area contributed by atoms with E-state index in [-0.39, 0.29) is 23.1 Å². The highest BCUT2D eigenvalue weighted by atomic mass is 79.9. The van der Waals surface area contributed by atoms with E-state index in [4.69, 9.17) is 4.74 Å². The zero-order valence-corrected chi connectivity index (χ0v) is 18.6. The molecule has 7 nitrogen and oxygen atoms in total. The van der Waals surface area contributed by atoms with E-state index in [1.807, 2.05) is 30.3 Å². The van der Waals surface area contributed by atoms with Crippen LogP contribution in [-0.4, -0.2) is 40.3 Å². The van der Waals surface area contributed by atoms with Gasteiger partial charge in [-0.1, -0.05) is 58.4 Å². The van der Waals surface area contributed by atoms with Crippen molar-refractivity contribution in [2.45, 2.75) is 13.1 Å². The molecular formula is C24H19BrN2O5. The number of esters is 1. The molecule has 0 radical (unpaired) electrons. The highest BCUT2D eigenvalue weighted by Gasteiger charge is 2.28. The van der Waals surface area contributed by atoms with Gasteiger partial charge in [0.2, 0.25) is 0 Å². The number of hydrogen-bond donors (Lipinski definition) is 0. The molecule has 1 aromatic heterocycles. The van der Waals surface area contributed by atoms with Crippen molar-refractivity contribution in [1.82, 2.24) is 9.47 Å². The third-order valence-electron chi connectivity index (χ3n) is 5.17. The molecule has 0 bridgehead atoms. The monoisotopic (exact) mass is 494 g/mol. The number of nitrogens with zero attached hydrogens (tertiary/aromatic N) is 2. The number of aromatic nitrogens is 1. The fourth-order valence-electron chi connectivity index (χ4n) is 3.55. The molecule has 0 aliphatic carbocycles. The molecule has 4 rings (SSSR count). The van der Waals surface area contributed by atoms with Gasteiger partial charge >= 0.3 is 5.97 Å². The van der Waals surface area contributed by atoms with Gasteiger partial charge in [0.15, 0.2) is 17.8 Å². The third kappa shape index (κ3) is 4.70. The first kappa shape index (κ1) is 21.7. The Labute approximate surface area is 192 Å². The summed E-state index contributed by atoms with van der Waals surface area (Å²) in [5.74, 6) is -1.52. The molecule has 8 heteroatoms. The minimum Gasteiger partial charge on any atom is -0.453 e. The van der Waals surface area contributed by atoms with Crippen LogP contribution in [0.25, 0.3) is 0 Å². The number of fused-ring (bicyclic) bond motifs is 1. The van der Waals surface area contributed by atoms with Gasteiger partial charge in [-0.05, 0) is 17.7 Å². The maximum Gasteiger partial charge on any atom is 0.355 e. The lowest BCUT2D eigenvalue weighted by Gasteiger charge is -2.31. The zero-order chi connectivity index (χ0) is 22.7. The first-order valence-electron chi connectivity index (χ1n) is 9.96. The Morgan fingerprint density at radius 3 is 2.38 bits per heavy atom. The minimum absolute atomic E-state index is 0.0381. The van der Waals surface area contributed by atoms with E-state index >= 15 is 0 Å². The average Bonchev–Trinajstić information content (AvgIpc) is 2.80. The SMILES string of the molecule is O=C(COC(=O)c1cc(=O)cc2n1CCN(Cc1ccccc1)C2=O)c1ccc(Br)cc1. The molecule has 0 saturated heterocycles. The number of ketones is 1. The van der Waals surface area contributed by atoms with Crippen LogP contribution in [0.1, 0.15) is 36.9 Å². The molecule has 0 N–H and O–H groups in total. The number of benzene rings is 2. The van der Waals surface area contributed by atoms with Gasteiger partial charge in [0.1, 0.15) is 11.4 Å². The highest BCUT2D eigenvalue weighted by Crippen LogP contribution is 2.17. The Morgan fingerprint density at radius 1 is 0.938 bits per heavy atom. The van der Waals surface area contributed by atoms with Crippen LogP contribution in [0.5, 0.6) is 0 Å². The molecular weight excluding hydrogens is 476 g/mol. The maximum absolute atomic E-state index is 13.0. The summed E-state index contributed by atoms with van der Waals surface area (Å²) < 4.78 is 7.48. The molecule has 1 aliphatic heterocycles. The molecule has 0 spiro atoms. The van der Waals surface area contributed by atoms with E-state index < -0.39 is 18.0 Å². The van der Waals surface area contributed by atoms with Crippen LogP contribution in [0.15, 0.2) is 76.0 Å². The Hall–Kier alpha value is -3.52. The summed E-state index contributed by atoms with van der Waals surface area (Å²) in [5, 5.41) is 0. The number of ether oxygens (including phenoxy) is 1. The lowest BCUT2D eigenvalue weighted by Crippen LogP contribution is -2.42. The molecule has 1 aliphatic rings. The molecule has 32 heavy (non-hydrogen) atoms. The van der Waals surface area contributed by atoms with Crippen molar-refractivity contribution in [3.8, 4) is 0 Å². The molecule has 2 heterocycles. The first-order chi connectivity index (χ1) is 15.4. The van der Waals surface area contributed by atoms with Crippen molar-refractivity contribution in [3.63, 3.8) is 0 Å². The van der Waals surface area contributed by atoms with Crippen LogP contribution >= 0.6 is 15.9 Å². The minimum atomic E-state index is -0.821. The number of Topliss-reactive ketones (excluding diaryl/α,β-unsaturated/α-hetero) is 1. The van der Waals surface area contributed by atoms with Gasteiger partial charge in [-0.3, -0.25) is 14.4 Å². The quantitative estimate of drug-likeness (QED) is 0.387. The van der Waals surface area contributed by atoms with Crippen molar-refractivity contribution in [2.24, 2.45) is 0 Å². The number of rotatable bonds is 6. The van der Waals surface area contributed by atoms with Crippen molar-refractivity contribution >= 4 is 33.6 Å². The average molecular weight is 495 g/mol. The molecule has 2 aromatic carbocycles. The van der Waals surface area contributed by atoms with Gasteiger partial charge in [-0.15, -0.1) is 0 Å². The van der Waals surface area contributed by atoms with Crippen LogP contribution in [0.2, 0.25) is 0 Å². The number of pyridine rings is 1. The summed E-state index contributed by atoms with van der Waals surface area (Å²) in [5.41, 5.74) is 0.991. The predicted octanol–water partition coefficient (Wildman–Crippen LogP) is 3.31. The maximum atomic E-state index is 13.0. The summed E-state index contributed by atoms with van der Waals surface area (Å²) in [6.45, 7) is 0.651. The summed E-state index contributed by atoms with van der Waals surface area (Å²) >= 11 is 3.30. The van der Waals surface area contributed by atoms with E-state index in [9.17, 15) is 19.2 Å². The number of halogens is 1. The van der Waals surface area contributed by atoms with Gasteiger partial charge in [0.05, 0.1) is 0 Å². The van der Waals surface area contributed by atoms with Crippen LogP contribution < -0.4 is 5.43 Å². The van der Waals surface area contributed by atoms with E-state index in [1.165, 1.54) is 10.6 Å². The molecule has 3 aromatic rings. The predicted molar refractivity (Wildman–Crippen MR) is 121 cm³/mol. The van der Waals surface area contributed by atoms with Gasteiger partial charge in [0.25, 0.3) is 5.91 Å². The number of hydrogen-bond acceptors (Lipinski definition) is 5. The number of carbonyl (C=O) groups is 3. The van der Waals surface area contributed by atoms with Crippen molar-refractivity contribution in [2.75, 3.05) is 13.2 Å². The van der Waals surface area contributed by atoms with E-state index in [0.29, 0.717) is 25.2 Å². The van der Waals surface area contributed by atoms with Crippen LogP contribution in [-0.2, 0) is 17.8 Å². The van der Waals surface area contributed by atoms with Gasteiger partial charge in [0, 0.05) is 41.8 Å². The topological polar surface area (TPSA) is 85.7 Å². The second-order valence-corrected chi connectivity index (χ2v) is 8.25. The van der Waals surface area contributed by atoms with E-state index in [1.54, 1.807) is 29.2 Å². The van der Waals surface area contributed by atoms with Crippen molar-refractivity contribution in [3.05, 3.63) is 104 Å². The Kier molecular flexibility index (Phi) is 6.32. The van der Waals surface area contributed by atoms with Crippen molar-refractivity contribution in [1.29, 1.82) is 0 Å². The standard InChI is InChI=1S/C24H19BrN2O5/c25-18-8-6-17(7-9-18)22(29)15-32-24(31)21-13-19(28)12-20-23(30)26(10-11-27(20)21)14-16-4-2-1-3-5-16/h1-9,12-13H,10-11,14-15H2. The molecule has 0 saturated carbocycles. The normalized spacial score (nSPS) is 12.9. The van der Waals surface area contributed by atoms with Crippen LogP contribution in [0.3, 0.4) is 0 Å². The molecule has 0 fully saturated rings. The van der Waals surface area contributed by atoms with Gasteiger partial charge < -0.3 is 14.2 Å². The summed E-state index contributed by atoms with van der Waals surface area (Å²) in [4.78, 5) is 51.8. The van der Waals surface area contributed by atoms with Crippen LogP contribution in [0, 0.1) is 0 Å². The smallest absolute Gasteiger partial charge is 0.355 e. The second-order valence-electron chi connectivity index (χ2n) is 7.33. The molecule has 162 valence electrons. The molecule has 0 unspecified atom stereocenters. The highest BCUT2D eigenvalue weighted by molar-refractivity contribution is 9.10. The first-order valence-corrected chi connectivity index (χ1v) is 10.8. The fraction of sp³-hybridized carbons (Fsp3) is 0.167. The third-order valence-corrected chi connectivity index (χ3v) is 5.69. The molecule has 0 atom stereocenters. The zero-order valence-electron chi connectivity index (χ0n) is 17.0.